The third-order valence-electron chi connectivity index (χ3n) is 6.07. The van der Waals surface area contributed by atoms with Crippen LogP contribution in [-0.2, 0) is 15.8 Å². The summed E-state index contributed by atoms with van der Waals surface area (Å²) in [5.74, 6) is -3.56. The number of alkyl halides is 2. The van der Waals surface area contributed by atoms with Crippen molar-refractivity contribution in [3.8, 4) is 5.75 Å². The summed E-state index contributed by atoms with van der Waals surface area (Å²) in [4.78, 5) is 6.35. The molecule has 182 valence electrons. The Balaban J connectivity index is 1.71. The van der Waals surface area contributed by atoms with E-state index in [-0.39, 0.29) is 17.1 Å². The summed E-state index contributed by atoms with van der Waals surface area (Å²) >= 11 is 0. The van der Waals surface area contributed by atoms with Gasteiger partial charge in [0.15, 0.2) is 9.84 Å². The third-order valence-corrected chi connectivity index (χ3v) is 7.68. The molecule has 0 spiro atoms. The van der Waals surface area contributed by atoms with E-state index in [1.54, 1.807) is 25.3 Å². The molecule has 0 bridgehead atoms. The van der Waals surface area contributed by atoms with Crippen molar-refractivity contribution in [1.29, 1.82) is 0 Å². The summed E-state index contributed by atoms with van der Waals surface area (Å²) in [5, 5.41) is 3.94. The predicted octanol–water partition coefficient (Wildman–Crippen LogP) is 4.90. The van der Waals surface area contributed by atoms with Gasteiger partial charge in [-0.05, 0) is 19.1 Å². The largest absolute Gasteiger partial charge is 0.495 e. The number of fused-ring (bicyclic) bond motifs is 1. The minimum Gasteiger partial charge on any atom is -0.495 e. The number of hydrogen-bond acceptors (Lipinski definition) is 6. The van der Waals surface area contributed by atoms with Gasteiger partial charge in [0.05, 0.1) is 41.4 Å². The summed E-state index contributed by atoms with van der Waals surface area (Å²) in [5.41, 5.74) is 1.47. The van der Waals surface area contributed by atoms with Crippen LogP contribution in [0, 0.1) is 5.82 Å². The van der Waals surface area contributed by atoms with E-state index in [4.69, 9.17) is 4.74 Å². The lowest BCUT2D eigenvalue weighted by Crippen LogP contribution is -2.40. The van der Waals surface area contributed by atoms with Gasteiger partial charge in [-0.2, -0.15) is 0 Å². The Morgan fingerprint density at radius 1 is 1.18 bits per heavy atom. The average Bonchev–Trinajstić information content (AvgIpc) is 2.78. The molecule has 3 aromatic rings. The third kappa shape index (κ3) is 4.77. The average molecular weight is 494 g/mol. The highest BCUT2D eigenvalue weighted by Gasteiger charge is 2.30. The number of hydrogen-bond donors (Lipinski definition) is 1. The highest BCUT2D eigenvalue weighted by molar-refractivity contribution is 7.91. The second-order valence-electron chi connectivity index (χ2n) is 8.50. The van der Waals surface area contributed by atoms with Gasteiger partial charge in [0.2, 0.25) is 0 Å². The van der Waals surface area contributed by atoms with Crippen molar-refractivity contribution in [3.05, 3.63) is 59.5 Å². The van der Waals surface area contributed by atoms with E-state index >= 15 is 0 Å². The molecule has 4 rings (SSSR count). The number of rotatable bonds is 6. The molecule has 1 atom stereocenters. The van der Waals surface area contributed by atoms with E-state index in [1.807, 2.05) is 11.0 Å². The van der Waals surface area contributed by atoms with Crippen LogP contribution in [0.2, 0.25) is 0 Å². The van der Waals surface area contributed by atoms with Gasteiger partial charge in [-0.15, -0.1) is 0 Å². The molecule has 2 heterocycles. The van der Waals surface area contributed by atoms with Crippen molar-refractivity contribution < 1.29 is 26.3 Å². The number of aromatic nitrogens is 1. The van der Waals surface area contributed by atoms with E-state index in [2.05, 4.69) is 10.3 Å². The quantitative estimate of drug-likeness (QED) is 0.527. The summed E-state index contributed by atoms with van der Waals surface area (Å²) < 4.78 is 71.8. The molecule has 0 radical (unpaired) electrons. The van der Waals surface area contributed by atoms with Gasteiger partial charge in [-0.25, -0.2) is 21.6 Å². The molecular formula is C24H26F3N3O3S. The smallest absolute Gasteiger partial charge is 0.273 e. The Bertz CT molecular complexity index is 1310. The molecule has 1 aromatic heterocycles. The van der Waals surface area contributed by atoms with Crippen LogP contribution in [0.15, 0.2) is 42.6 Å². The number of nitrogens with one attached hydrogen (secondary N) is 1. The van der Waals surface area contributed by atoms with Gasteiger partial charge in [-0.3, -0.25) is 4.98 Å². The number of halogens is 3. The molecule has 1 aliphatic rings. The Labute approximate surface area is 196 Å². The SMILES string of the molecule is COc1cc2nccc(N[C@H](C)c3cccc(C(C)(F)F)c3F)c2cc1N1CCS(=O)(=O)CC1. The van der Waals surface area contributed by atoms with Gasteiger partial charge >= 0.3 is 0 Å². The Morgan fingerprint density at radius 2 is 1.88 bits per heavy atom. The topological polar surface area (TPSA) is 71.5 Å². The summed E-state index contributed by atoms with van der Waals surface area (Å²) in [7, 11) is -1.52. The molecule has 34 heavy (non-hydrogen) atoms. The monoisotopic (exact) mass is 493 g/mol. The molecular weight excluding hydrogens is 467 g/mol. The lowest BCUT2D eigenvalue weighted by molar-refractivity contribution is 0.0136. The van der Waals surface area contributed by atoms with Gasteiger partial charge < -0.3 is 15.0 Å². The fourth-order valence-corrected chi connectivity index (χ4v) is 5.39. The number of pyridine rings is 1. The van der Waals surface area contributed by atoms with Crippen LogP contribution in [0.25, 0.3) is 10.9 Å². The molecule has 0 unspecified atom stereocenters. The maximum Gasteiger partial charge on any atom is 0.273 e. The van der Waals surface area contributed by atoms with Crippen molar-refractivity contribution in [2.45, 2.75) is 25.8 Å². The fourth-order valence-electron chi connectivity index (χ4n) is 4.19. The zero-order valence-electron chi connectivity index (χ0n) is 19.1. The summed E-state index contributed by atoms with van der Waals surface area (Å²) in [6, 6.07) is 8.73. The zero-order chi connectivity index (χ0) is 24.7. The van der Waals surface area contributed by atoms with E-state index in [9.17, 15) is 21.6 Å². The Kier molecular flexibility index (Phi) is 6.37. The first-order valence-corrected chi connectivity index (χ1v) is 12.7. The molecule has 0 aliphatic carbocycles. The molecule has 1 aliphatic heterocycles. The number of ether oxygens (including phenoxy) is 1. The van der Waals surface area contributed by atoms with Crippen molar-refractivity contribution >= 4 is 32.1 Å². The molecule has 0 saturated carbocycles. The summed E-state index contributed by atoms with van der Waals surface area (Å²) in [6.45, 7) is 3.05. The minimum atomic E-state index is -3.30. The second-order valence-corrected chi connectivity index (χ2v) is 10.8. The van der Waals surface area contributed by atoms with Crippen molar-refractivity contribution in [2.24, 2.45) is 0 Å². The van der Waals surface area contributed by atoms with Crippen LogP contribution in [0.3, 0.4) is 0 Å². The number of anilines is 2. The van der Waals surface area contributed by atoms with E-state index in [0.29, 0.717) is 37.0 Å². The van der Waals surface area contributed by atoms with Crippen LogP contribution < -0.4 is 15.0 Å². The lowest BCUT2D eigenvalue weighted by Gasteiger charge is -2.30. The molecule has 1 fully saturated rings. The van der Waals surface area contributed by atoms with Gasteiger partial charge in [0.25, 0.3) is 5.92 Å². The van der Waals surface area contributed by atoms with Crippen LogP contribution in [0.1, 0.15) is 31.0 Å². The number of sulfone groups is 1. The fraction of sp³-hybridized carbons (Fsp3) is 0.375. The number of nitrogens with zero attached hydrogens (tertiary/aromatic N) is 2. The standard InChI is InChI=1S/C24H26F3N3O3S/c1-15(16-5-4-6-18(23(16)25)24(2,26)27)29-19-7-8-28-20-14-22(33-3)21(13-17(19)20)30-9-11-34(31,32)12-10-30/h4-8,13-15H,9-12H2,1-3H3,(H,28,29)/t15-/m1/s1. The van der Waals surface area contributed by atoms with Gasteiger partial charge in [0, 0.05) is 48.9 Å². The van der Waals surface area contributed by atoms with Crippen molar-refractivity contribution in [1.82, 2.24) is 4.98 Å². The maximum absolute atomic E-state index is 14.9. The zero-order valence-corrected chi connectivity index (χ0v) is 19.9. The van der Waals surface area contributed by atoms with E-state index in [0.717, 1.165) is 17.1 Å². The molecule has 1 saturated heterocycles. The maximum atomic E-state index is 14.9. The molecule has 0 amide bonds. The van der Waals surface area contributed by atoms with Gasteiger partial charge in [0.1, 0.15) is 11.6 Å². The highest BCUT2D eigenvalue weighted by atomic mass is 32.2. The van der Waals surface area contributed by atoms with Crippen LogP contribution in [-0.4, -0.2) is 45.1 Å². The number of methoxy groups -OCH3 is 1. The molecule has 6 nitrogen and oxygen atoms in total. The first-order chi connectivity index (χ1) is 16.0. The van der Waals surface area contributed by atoms with Crippen LogP contribution in [0.5, 0.6) is 5.75 Å². The number of benzene rings is 2. The molecule has 2 aromatic carbocycles. The first kappa shape index (κ1) is 24.1. The Hall–Kier alpha value is -3.01. The minimum absolute atomic E-state index is 0.0566. The van der Waals surface area contributed by atoms with Crippen LogP contribution >= 0.6 is 0 Å². The Morgan fingerprint density at radius 3 is 2.53 bits per heavy atom. The highest BCUT2D eigenvalue weighted by Crippen LogP contribution is 2.38. The van der Waals surface area contributed by atoms with E-state index in [1.165, 1.54) is 19.2 Å². The molecule has 1 N–H and O–H groups in total. The van der Waals surface area contributed by atoms with Crippen molar-refractivity contribution in [3.63, 3.8) is 0 Å². The first-order valence-electron chi connectivity index (χ1n) is 10.9. The van der Waals surface area contributed by atoms with Gasteiger partial charge in [-0.1, -0.05) is 18.2 Å². The predicted molar refractivity (Wildman–Crippen MR) is 127 cm³/mol. The summed E-state index contributed by atoms with van der Waals surface area (Å²) in [6.07, 6.45) is 1.59. The van der Waals surface area contributed by atoms with E-state index < -0.39 is 33.2 Å². The molecule has 10 heteroatoms. The lowest BCUT2D eigenvalue weighted by atomic mass is 10.0. The normalized spacial score (nSPS) is 16.9. The van der Waals surface area contributed by atoms with Crippen LogP contribution in [0.4, 0.5) is 24.5 Å². The second kappa shape index (κ2) is 8.98. The van der Waals surface area contributed by atoms with Crippen molar-refractivity contribution in [2.75, 3.05) is 41.9 Å².